The van der Waals surface area contributed by atoms with Crippen LogP contribution in [0.2, 0.25) is 0 Å². The first-order valence-electron chi connectivity index (χ1n) is 3.11. The predicted molar refractivity (Wildman–Crippen MR) is 45.1 cm³/mol. The SMILES string of the molecule is NNCc1ccc(Br)cc1F. The highest BCUT2D eigenvalue weighted by Gasteiger charge is 1.99. The van der Waals surface area contributed by atoms with Gasteiger partial charge < -0.3 is 0 Å². The van der Waals surface area contributed by atoms with Gasteiger partial charge in [0.05, 0.1) is 0 Å². The number of halogens is 2. The second-order valence-electron chi connectivity index (χ2n) is 2.12. The molecule has 3 N–H and O–H groups in total. The van der Waals surface area contributed by atoms with Crippen LogP contribution in [0.5, 0.6) is 0 Å². The molecule has 1 rings (SSSR count). The minimum Gasteiger partial charge on any atom is -0.271 e. The van der Waals surface area contributed by atoms with Crippen molar-refractivity contribution >= 4 is 15.9 Å². The first kappa shape index (κ1) is 8.64. The van der Waals surface area contributed by atoms with Crippen molar-refractivity contribution in [2.45, 2.75) is 6.54 Å². The van der Waals surface area contributed by atoms with Gasteiger partial charge in [-0.1, -0.05) is 22.0 Å². The summed E-state index contributed by atoms with van der Waals surface area (Å²) in [6.07, 6.45) is 0. The van der Waals surface area contributed by atoms with Crippen molar-refractivity contribution in [3.8, 4) is 0 Å². The molecular weight excluding hydrogens is 211 g/mol. The quantitative estimate of drug-likeness (QED) is 0.585. The van der Waals surface area contributed by atoms with Crippen LogP contribution in [0.3, 0.4) is 0 Å². The Balaban J connectivity index is 2.90. The molecule has 0 saturated carbocycles. The minimum absolute atomic E-state index is 0.252. The Morgan fingerprint density at radius 2 is 2.27 bits per heavy atom. The first-order valence-corrected chi connectivity index (χ1v) is 3.90. The van der Waals surface area contributed by atoms with Crippen molar-refractivity contribution in [2.75, 3.05) is 0 Å². The molecule has 0 radical (unpaired) electrons. The lowest BCUT2D eigenvalue weighted by atomic mass is 10.2. The van der Waals surface area contributed by atoms with E-state index >= 15 is 0 Å². The zero-order valence-corrected chi connectivity index (χ0v) is 7.36. The number of hydrogen-bond acceptors (Lipinski definition) is 2. The maximum Gasteiger partial charge on any atom is 0.128 e. The molecule has 4 heteroatoms. The topological polar surface area (TPSA) is 38.0 Å². The van der Waals surface area contributed by atoms with Crippen LogP contribution >= 0.6 is 15.9 Å². The fraction of sp³-hybridized carbons (Fsp3) is 0.143. The highest BCUT2D eigenvalue weighted by Crippen LogP contribution is 2.14. The van der Waals surface area contributed by atoms with Crippen LogP contribution in [0.15, 0.2) is 22.7 Å². The normalized spacial score (nSPS) is 10.1. The summed E-state index contributed by atoms with van der Waals surface area (Å²) in [7, 11) is 0. The van der Waals surface area contributed by atoms with Gasteiger partial charge >= 0.3 is 0 Å². The van der Waals surface area contributed by atoms with Crippen molar-refractivity contribution in [2.24, 2.45) is 5.84 Å². The van der Waals surface area contributed by atoms with Crippen molar-refractivity contribution < 1.29 is 4.39 Å². The van der Waals surface area contributed by atoms with Crippen molar-refractivity contribution in [1.29, 1.82) is 0 Å². The first-order chi connectivity index (χ1) is 5.24. The van der Waals surface area contributed by atoms with Crippen LogP contribution in [-0.2, 0) is 6.54 Å². The molecular formula is C7H8BrFN2. The van der Waals surface area contributed by atoms with Gasteiger partial charge in [0.25, 0.3) is 0 Å². The maximum absolute atomic E-state index is 12.9. The molecule has 0 unspecified atom stereocenters. The standard InChI is InChI=1S/C7H8BrFN2/c8-6-2-1-5(4-11-10)7(9)3-6/h1-3,11H,4,10H2. The van der Waals surface area contributed by atoms with Crippen LogP contribution in [0, 0.1) is 5.82 Å². The van der Waals surface area contributed by atoms with Gasteiger partial charge in [0.1, 0.15) is 5.82 Å². The number of rotatable bonds is 2. The van der Waals surface area contributed by atoms with E-state index in [0.717, 1.165) is 4.47 Å². The average Bonchev–Trinajstić information content (AvgIpc) is 1.95. The number of nitrogens with two attached hydrogens (primary N) is 1. The average molecular weight is 219 g/mol. The molecule has 11 heavy (non-hydrogen) atoms. The van der Waals surface area contributed by atoms with E-state index in [2.05, 4.69) is 21.4 Å². The number of benzene rings is 1. The Kier molecular flexibility index (Phi) is 2.99. The Morgan fingerprint density at radius 3 is 2.82 bits per heavy atom. The summed E-state index contributed by atoms with van der Waals surface area (Å²) in [5, 5.41) is 0. The molecule has 2 nitrogen and oxygen atoms in total. The summed E-state index contributed by atoms with van der Waals surface area (Å²) in [5.41, 5.74) is 2.95. The van der Waals surface area contributed by atoms with E-state index in [0.29, 0.717) is 12.1 Å². The summed E-state index contributed by atoms with van der Waals surface area (Å²) < 4.78 is 13.6. The van der Waals surface area contributed by atoms with E-state index in [9.17, 15) is 4.39 Å². The van der Waals surface area contributed by atoms with Gasteiger partial charge in [-0.15, -0.1) is 0 Å². The lowest BCUT2D eigenvalue weighted by Crippen LogP contribution is -2.21. The largest absolute Gasteiger partial charge is 0.271 e. The third-order valence-corrected chi connectivity index (χ3v) is 1.80. The molecule has 1 aromatic carbocycles. The second kappa shape index (κ2) is 3.80. The second-order valence-corrected chi connectivity index (χ2v) is 3.03. The van der Waals surface area contributed by atoms with Crippen LogP contribution in [0.4, 0.5) is 4.39 Å². The molecule has 0 aromatic heterocycles. The predicted octanol–water partition coefficient (Wildman–Crippen LogP) is 1.55. The van der Waals surface area contributed by atoms with Crippen LogP contribution in [-0.4, -0.2) is 0 Å². The third kappa shape index (κ3) is 2.25. The summed E-state index contributed by atoms with van der Waals surface area (Å²) >= 11 is 3.16. The van der Waals surface area contributed by atoms with Gasteiger partial charge in [0.2, 0.25) is 0 Å². The Hall–Kier alpha value is -0.450. The fourth-order valence-corrected chi connectivity index (χ4v) is 1.11. The summed E-state index contributed by atoms with van der Waals surface area (Å²) in [4.78, 5) is 0. The van der Waals surface area contributed by atoms with E-state index in [-0.39, 0.29) is 5.82 Å². The molecule has 0 atom stereocenters. The smallest absolute Gasteiger partial charge is 0.128 e. The van der Waals surface area contributed by atoms with E-state index in [1.807, 2.05) is 0 Å². The van der Waals surface area contributed by atoms with E-state index in [4.69, 9.17) is 5.84 Å². The molecule has 0 bridgehead atoms. The molecule has 0 aliphatic rings. The van der Waals surface area contributed by atoms with Gasteiger partial charge in [-0.25, -0.2) is 4.39 Å². The summed E-state index contributed by atoms with van der Waals surface area (Å²) in [6.45, 7) is 0.346. The molecule has 0 saturated heterocycles. The van der Waals surface area contributed by atoms with Crippen LogP contribution < -0.4 is 11.3 Å². The van der Waals surface area contributed by atoms with E-state index in [1.54, 1.807) is 12.1 Å². The molecule has 0 spiro atoms. The maximum atomic E-state index is 12.9. The highest BCUT2D eigenvalue weighted by atomic mass is 79.9. The fourth-order valence-electron chi connectivity index (χ4n) is 0.775. The van der Waals surface area contributed by atoms with Gasteiger partial charge in [-0.05, 0) is 12.1 Å². The molecule has 0 heterocycles. The van der Waals surface area contributed by atoms with Crippen molar-refractivity contribution in [1.82, 2.24) is 5.43 Å². The monoisotopic (exact) mass is 218 g/mol. The van der Waals surface area contributed by atoms with E-state index in [1.165, 1.54) is 6.07 Å². The molecule has 1 aromatic rings. The molecule has 0 fully saturated rings. The molecule has 0 amide bonds. The Bertz CT molecular complexity index is 252. The van der Waals surface area contributed by atoms with Crippen LogP contribution in [0.1, 0.15) is 5.56 Å². The minimum atomic E-state index is -0.252. The lowest BCUT2D eigenvalue weighted by Gasteiger charge is -2.01. The number of hydrogen-bond donors (Lipinski definition) is 2. The molecule has 0 aliphatic carbocycles. The Labute approximate surface area is 72.7 Å². The molecule has 0 aliphatic heterocycles. The van der Waals surface area contributed by atoms with Gasteiger partial charge in [0, 0.05) is 16.6 Å². The zero-order chi connectivity index (χ0) is 8.27. The zero-order valence-electron chi connectivity index (χ0n) is 5.77. The van der Waals surface area contributed by atoms with Crippen molar-refractivity contribution in [3.05, 3.63) is 34.1 Å². The van der Waals surface area contributed by atoms with E-state index < -0.39 is 0 Å². The van der Waals surface area contributed by atoms with Crippen molar-refractivity contribution in [3.63, 3.8) is 0 Å². The number of nitrogens with one attached hydrogen (secondary N) is 1. The van der Waals surface area contributed by atoms with Gasteiger partial charge in [-0.2, -0.15) is 0 Å². The van der Waals surface area contributed by atoms with Crippen LogP contribution in [0.25, 0.3) is 0 Å². The van der Waals surface area contributed by atoms with Gasteiger partial charge in [-0.3, -0.25) is 11.3 Å². The highest BCUT2D eigenvalue weighted by molar-refractivity contribution is 9.10. The summed E-state index contributed by atoms with van der Waals surface area (Å²) in [5.74, 6) is 4.79. The third-order valence-electron chi connectivity index (χ3n) is 1.31. The lowest BCUT2D eigenvalue weighted by molar-refractivity contribution is 0.593. The van der Waals surface area contributed by atoms with Gasteiger partial charge in [0.15, 0.2) is 0 Å². The Morgan fingerprint density at radius 1 is 1.55 bits per heavy atom. The summed E-state index contributed by atoms with van der Waals surface area (Å²) in [6, 6.07) is 4.86. The molecule has 60 valence electrons. The number of hydrazine groups is 1.